The van der Waals surface area contributed by atoms with Crippen LogP contribution in [0.25, 0.3) is 0 Å². The minimum Gasteiger partial charge on any atom is -0.376 e. The van der Waals surface area contributed by atoms with E-state index in [0.29, 0.717) is 37.4 Å². The van der Waals surface area contributed by atoms with Gasteiger partial charge in [-0.1, -0.05) is 6.07 Å². The van der Waals surface area contributed by atoms with E-state index in [1.165, 1.54) is 0 Å². The number of carbonyl (C=O) groups excluding carboxylic acids is 2. The number of nitrogens with one attached hydrogen (secondary N) is 1. The average Bonchev–Trinajstić information content (AvgIpc) is 3.14. The van der Waals surface area contributed by atoms with Crippen molar-refractivity contribution < 1.29 is 14.3 Å². The van der Waals surface area contributed by atoms with E-state index >= 15 is 0 Å². The third-order valence-electron chi connectivity index (χ3n) is 4.53. The van der Waals surface area contributed by atoms with Crippen LogP contribution >= 0.6 is 0 Å². The number of rotatable bonds is 7. The highest BCUT2D eigenvalue weighted by atomic mass is 16.5. The Morgan fingerprint density at radius 3 is 2.48 bits per heavy atom. The molecule has 6 heteroatoms. The van der Waals surface area contributed by atoms with Gasteiger partial charge in [0.15, 0.2) is 0 Å². The molecule has 0 saturated carbocycles. The Morgan fingerprint density at radius 1 is 1.16 bits per heavy atom. The zero-order valence-corrected chi connectivity index (χ0v) is 15.5. The van der Waals surface area contributed by atoms with E-state index in [-0.39, 0.29) is 18.0 Å². The van der Waals surface area contributed by atoms with E-state index in [2.05, 4.69) is 5.32 Å². The first-order valence-corrected chi connectivity index (χ1v) is 9.15. The number of anilines is 1. The molecule has 0 aliphatic carbocycles. The van der Waals surface area contributed by atoms with E-state index in [4.69, 9.17) is 4.74 Å². The summed E-state index contributed by atoms with van der Waals surface area (Å²) in [6, 6.07) is 6.95. The summed E-state index contributed by atoms with van der Waals surface area (Å²) in [5.74, 6) is -0.0206. The Labute approximate surface area is 150 Å². The zero-order valence-electron chi connectivity index (χ0n) is 15.5. The number of carbonyl (C=O) groups is 2. The fraction of sp³-hybridized carbons (Fsp3) is 0.579. The van der Waals surface area contributed by atoms with Crippen molar-refractivity contribution in [3.05, 3.63) is 29.8 Å². The molecule has 0 spiro atoms. The lowest BCUT2D eigenvalue weighted by molar-refractivity contribution is 0.0773. The molecule has 1 N–H and O–H groups in total. The summed E-state index contributed by atoms with van der Waals surface area (Å²) in [7, 11) is 0. The van der Waals surface area contributed by atoms with Crippen molar-refractivity contribution in [2.24, 2.45) is 0 Å². The van der Waals surface area contributed by atoms with E-state index in [0.717, 1.165) is 19.4 Å². The summed E-state index contributed by atoms with van der Waals surface area (Å²) in [5.41, 5.74) is 1.22. The van der Waals surface area contributed by atoms with E-state index < -0.39 is 0 Å². The fourth-order valence-corrected chi connectivity index (χ4v) is 3.02. The van der Waals surface area contributed by atoms with Crippen LogP contribution in [-0.2, 0) is 4.74 Å². The predicted molar refractivity (Wildman–Crippen MR) is 98.9 cm³/mol. The first-order chi connectivity index (χ1) is 12.1. The average molecular weight is 347 g/mol. The first kappa shape index (κ1) is 19.2. The van der Waals surface area contributed by atoms with Gasteiger partial charge in [0.2, 0.25) is 0 Å². The molecule has 1 heterocycles. The normalized spacial score (nSPS) is 16.5. The number of hydrogen-bond donors (Lipinski definition) is 1. The summed E-state index contributed by atoms with van der Waals surface area (Å²) >= 11 is 0. The number of hydrogen-bond acceptors (Lipinski definition) is 3. The van der Waals surface area contributed by atoms with E-state index in [1.807, 2.05) is 20.8 Å². The number of ether oxygens (including phenoxy) is 1. The Balaban J connectivity index is 2.02. The van der Waals surface area contributed by atoms with Crippen molar-refractivity contribution in [3.8, 4) is 0 Å². The van der Waals surface area contributed by atoms with Crippen molar-refractivity contribution >= 4 is 17.6 Å². The van der Waals surface area contributed by atoms with Crippen LogP contribution in [0.1, 0.15) is 44.0 Å². The van der Waals surface area contributed by atoms with Crippen LogP contribution in [0, 0.1) is 0 Å². The van der Waals surface area contributed by atoms with E-state index in [9.17, 15) is 9.59 Å². The highest BCUT2D eigenvalue weighted by molar-refractivity contribution is 5.96. The third kappa shape index (κ3) is 5.19. The Bertz CT molecular complexity index is 581. The van der Waals surface area contributed by atoms with Crippen LogP contribution in [0.5, 0.6) is 0 Å². The van der Waals surface area contributed by atoms with Gasteiger partial charge in [0.05, 0.1) is 6.10 Å². The molecule has 25 heavy (non-hydrogen) atoms. The summed E-state index contributed by atoms with van der Waals surface area (Å²) < 4.78 is 5.62. The van der Waals surface area contributed by atoms with Gasteiger partial charge < -0.3 is 19.9 Å². The smallest absolute Gasteiger partial charge is 0.321 e. The van der Waals surface area contributed by atoms with Crippen LogP contribution in [0.3, 0.4) is 0 Å². The summed E-state index contributed by atoms with van der Waals surface area (Å²) in [5, 5.41) is 2.90. The van der Waals surface area contributed by atoms with Gasteiger partial charge in [0.25, 0.3) is 5.91 Å². The van der Waals surface area contributed by atoms with Crippen molar-refractivity contribution in [3.63, 3.8) is 0 Å². The minimum absolute atomic E-state index is 0.0206. The molecule has 0 radical (unpaired) electrons. The quantitative estimate of drug-likeness (QED) is 0.824. The Hall–Kier alpha value is -2.08. The molecule has 2 rings (SSSR count). The molecule has 1 aromatic carbocycles. The fourth-order valence-electron chi connectivity index (χ4n) is 3.02. The maximum atomic E-state index is 12.5. The topological polar surface area (TPSA) is 61.9 Å². The Morgan fingerprint density at radius 2 is 1.88 bits per heavy atom. The molecule has 6 nitrogen and oxygen atoms in total. The monoisotopic (exact) mass is 347 g/mol. The summed E-state index contributed by atoms with van der Waals surface area (Å²) in [4.78, 5) is 28.5. The van der Waals surface area contributed by atoms with Gasteiger partial charge in [0, 0.05) is 44.0 Å². The third-order valence-corrected chi connectivity index (χ3v) is 4.53. The van der Waals surface area contributed by atoms with Gasteiger partial charge in [-0.25, -0.2) is 4.79 Å². The van der Waals surface area contributed by atoms with Crippen LogP contribution < -0.4 is 5.32 Å². The molecule has 1 aliphatic rings. The second-order valence-corrected chi connectivity index (χ2v) is 6.16. The van der Waals surface area contributed by atoms with E-state index in [1.54, 1.807) is 34.1 Å². The lowest BCUT2D eigenvalue weighted by Crippen LogP contribution is -2.40. The minimum atomic E-state index is -0.162. The number of urea groups is 1. The maximum absolute atomic E-state index is 12.5. The van der Waals surface area contributed by atoms with Crippen molar-refractivity contribution in [1.82, 2.24) is 9.80 Å². The molecular formula is C19H29N3O3. The van der Waals surface area contributed by atoms with Crippen molar-refractivity contribution in [2.45, 2.75) is 39.7 Å². The summed E-state index contributed by atoms with van der Waals surface area (Å²) in [6.07, 6.45) is 2.18. The molecule has 1 aliphatic heterocycles. The summed E-state index contributed by atoms with van der Waals surface area (Å²) in [6.45, 7) is 9.18. The molecule has 3 amide bonds. The Kier molecular flexibility index (Phi) is 7.25. The molecule has 1 atom stereocenters. The zero-order chi connectivity index (χ0) is 18.2. The standard InChI is InChI=1S/C19H29N3O3/c1-4-21(5-2)18(23)15-9-7-10-16(13-15)20-19(24)22(6-3)14-17-11-8-12-25-17/h7,9-10,13,17H,4-6,8,11-12,14H2,1-3H3,(H,20,24)/t17-/m0/s1. The van der Waals surface area contributed by atoms with Gasteiger partial charge in [-0.05, 0) is 51.8 Å². The molecule has 1 saturated heterocycles. The SMILES string of the molecule is CCN(C[C@@H]1CCCO1)C(=O)Nc1cccc(C(=O)N(CC)CC)c1. The van der Waals surface area contributed by atoms with Gasteiger partial charge in [0.1, 0.15) is 0 Å². The highest BCUT2D eigenvalue weighted by Crippen LogP contribution is 2.16. The second kappa shape index (κ2) is 9.42. The van der Waals surface area contributed by atoms with Gasteiger partial charge >= 0.3 is 6.03 Å². The highest BCUT2D eigenvalue weighted by Gasteiger charge is 2.22. The lowest BCUT2D eigenvalue weighted by Gasteiger charge is -2.24. The van der Waals surface area contributed by atoms with Crippen molar-refractivity contribution in [1.29, 1.82) is 0 Å². The number of nitrogens with zero attached hydrogens (tertiary/aromatic N) is 2. The molecule has 1 aromatic rings. The van der Waals surface area contributed by atoms with Gasteiger partial charge in [-0.15, -0.1) is 0 Å². The second-order valence-electron chi connectivity index (χ2n) is 6.16. The number of likely N-dealkylation sites (N-methyl/N-ethyl adjacent to an activating group) is 1. The first-order valence-electron chi connectivity index (χ1n) is 9.15. The van der Waals surface area contributed by atoms with Gasteiger partial charge in [-0.3, -0.25) is 4.79 Å². The van der Waals surface area contributed by atoms with Crippen LogP contribution in [-0.4, -0.2) is 60.6 Å². The van der Waals surface area contributed by atoms with Crippen LogP contribution in [0.4, 0.5) is 10.5 Å². The number of benzene rings is 1. The predicted octanol–water partition coefficient (Wildman–Crippen LogP) is 3.20. The van der Waals surface area contributed by atoms with Gasteiger partial charge in [-0.2, -0.15) is 0 Å². The number of amides is 3. The van der Waals surface area contributed by atoms with Crippen LogP contribution in [0.15, 0.2) is 24.3 Å². The molecule has 0 aromatic heterocycles. The van der Waals surface area contributed by atoms with Crippen molar-refractivity contribution in [2.75, 3.05) is 38.1 Å². The molecular weight excluding hydrogens is 318 g/mol. The maximum Gasteiger partial charge on any atom is 0.321 e. The molecule has 0 bridgehead atoms. The molecule has 138 valence electrons. The largest absolute Gasteiger partial charge is 0.376 e. The molecule has 1 fully saturated rings. The molecule has 0 unspecified atom stereocenters. The van der Waals surface area contributed by atoms with Crippen LogP contribution in [0.2, 0.25) is 0 Å². The lowest BCUT2D eigenvalue weighted by atomic mass is 10.1.